The average Bonchev–Trinajstić information content (AvgIpc) is 3.01. The fraction of sp³-hybridized carbons (Fsp3) is 0.111. The molecule has 0 fully saturated rings. The van der Waals surface area contributed by atoms with E-state index >= 15 is 0 Å². The van der Waals surface area contributed by atoms with Crippen molar-refractivity contribution in [1.29, 1.82) is 0 Å². The second kappa shape index (κ2) is 6.78. The molecule has 0 bridgehead atoms. The summed E-state index contributed by atoms with van der Waals surface area (Å²) >= 11 is 1.58. The number of nitrogens with zero attached hydrogens (tertiary/aromatic N) is 1. The lowest BCUT2D eigenvalue weighted by Gasteiger charge is -2.07. The molecule has 0 radical (unpaired) electrons. The van der Waals surface area contributed by atoms with Crippen LogP contribution in [0.2, 0.25) is 0 Å². The first-order valence-corrected chi connectivity index (χ1v) is 10.2. The van der Waals surface area contributed by atoms with Crippen molar-refractivity contribution in [2.75, 3.05) is 11.6 Å². The second-order valence-corrected chi connectivity index (χ2v) is 8.66. The Morgan fingerprint density at radius 2 is 1.84 bits per heavy atom. The lowest BCUT2D eigenvalue weighted by Crippen LogP contribution is -2.12. The summed E-state index contributed by atoms with van der Waals surface area (Å²) in [7, 11) is -3.35. The summed E-state index contributed by atoms with van der Waals surface area (Å²) in [6, 6.07) is 13.3. The quantitative estimate of drug-likeness (QED) is 0.756. The first-order valence-electron chi connectivity index (χ1n) is 7.47. The maximum atomic E-state index is 12.3. The molecule has 1 heterocycles. The molecule has 0 aliphatic rings. The lowest BCUT2D eigenvalue weighted by atomic mass is 10.1. The van der Waals surface area contributed by atoms with Crippen LogP contribution in [-0.4, -0.2) is 25.6 Å². The second-order valence-electron chi connectivity index (χ2n) is 5.58. The van der Waals surface area contributed by atoms with E-state index < -0.39 is 9.84 Å². The Balaban J connectivity index is 1.77. The van der Waals surface area contributed by atoms with Crippen LogP contribution in [0.3, 0.4) is 0 Å². The summed E-state index contributed by atoms with van der Waals surface area (Å²) in [5, 5.41) is 5.75. The van der Waals surface area contributed by atoms with Crippen LogP contribution in [0.15, 0.2) is 58.8 Å². The van der Waals surface area contributed by atoms with E-state index in [0.717, 1.165) is 22.5 Å². The van der Waals surface area contributed by atoms with E-state index in [2.05, 4.69) is 10.3 Å². The molecular formula is C18H16N2O3S2. The fourth-order valence-corrected chi connectivity index (χ4v) is 3.58. The normalized spacial score (nSPS) is 11.3. The number of hydrogen-bond acceptors (Lipinski definition) is 5. The van der Waals surface area contributed by atoms with Crippen molar-refractivity contribution in [3.05, 3.63) is 64.5 Å². The number of benzene rings is 2. The van der Waals surface area contributed by atoms with Crippen LogP contribution in [-0.2, 0) is 9.84 Å². The van der Waals surface area contributed by atoms with Gasteiger partial charge in [0.05, 0.1) is 15.6 Å². The molecule has 0 unspecified atom stereocenters. The first-order chi connectivity index (χ1) is 11.8. The van der Waals surface area contributed by atoms with E-state index in [4.69, 9.17) is 0 Å². The largest absolute Gasteiger partial charge is 0.322 e. The van der Waals surface area contributed by atoms with Gasteiger partial charge in [-0.25, -0.2) is 13.4 Å². The van der Waals surface area contributed by atoms with E-state index in [1.165, 1.54) is 12.1 Å². The molecule has 0 aliphatic heterocycles. The fourth-order valence-electron chi connectivity index (χ4n) is 2.29. The van der Waals surface area contributed by atoms with E-state index in [-0.39, 0.29) is 10.8 Å². The topological polar surface area (TPSA) is 76.1 Å². The Morgan fingerprint density at radius 3 is 2.44 bits per heavy atom. The van der Waals surface area contributed by atoms with Crippen LogP contribution in [0.1, 0.15) is 15.4 Å². The van der Waals surface area contributed by atoms with E-state index in [1.54, 1.807) is 35.6 Å². The van der Waals surface area contributed by atoms with Crippen molar-refractivity contribution in [2.24, 2.45) is 0 Å². The number of amides is 1. The van der Waals surface area contributed by atoms with Gasteiger partial charge in [0.25, 0.3) is 5.91 Å². The first kappa shape index (κ1) is 17.3. The van der Waals surface area contributed by atoms with Crippen molar-refractivity contribution >= 4 is 32.8 Å². The molecule has 3 aromatic rings. The van der Waals surface area contributed by atoms with Crippen LogP contribution in [0.4, 0.5) is 5.69 Å². The third-order valence-electron chi connectivity index (χ3n) is 3.58. The predicted octanol–water partition coefficient (Wildman–Crippen LogP) is 3.77. The van der Waals surface area contributed by atoms with Crippen molar-refractivity contribution in [3.63, 3.8) is 0 Å². The van der Waals surface area contributed by atoms with Gasteiger partial charge in [-0.1, -0.05) is 18.2 Å². The predicted molar refractivity (Wildman–Crippen MR) is 99.8 cm³/mol. The number of aryl methyl sites for hydroxylation is 1. The summed E-state index contributed by atoms with van der Waals surface area (Å²) in [5.41, 5.74) is 2.80. The Hall–Kier alpha value is -2.51. The minimum absolute atomic E-state index is 0.120. The molecule has 3 rings (SSSR count). The highest BCUT2D eigenvalue weighted by atomic mass is 32.2. The molecule has 1 N–H and O–H groups in total. The van der Waals surface area contributed by atoms with Gasteiger partial charge in [-0.15, -0.1) is 11.3 Å². The highest BCUT2D eigenvalue weighted by Crippen LogP contribution is 2.23. The monoisotopic (exact) mass is 372 g/mol. The molecule has 7 heteroatoms. The van der Waals surface area contributed by atoms with Crippen molar-refractivity contribution in [3.8, 4) is 11.3 Å². The summed E-state index contributed by atoms with van der Waals surface area (Å²) in [4.78, 5) is 16.9. The van der Waals surface area contributed by atoms with Gasteiger partial charge in [-0.3, -0.25) is 4.79 Å². The summed E-state index contributed by atoms with van der Waals surface area (Å²) in [5.74, 6) is -0.359. The van der Waals surface area contributed by atoms with Gasteiger partial charge >= 0.3 is 0 Å². The van der Waals surface area contributed by atoms with Gasteiger partial charge < -0.3 is 5.32 Å². The Kier molecular flexibility index (Phi) is 4.69. The summed E-state index contributed by atoms with van der Waals surface area (Å²) < 4.78 is 23.2. The van der Waals surface area contributed by atoms with Crippen LogP contribution in [0.5, 0.6) is 0 Å². The molecule has 0 saturated heterocycles. The number of thiazole rings is 1. The zero-order valence-corrected chi connectivity index (χ0v) is 15.3. The molecule has 1 aromatic heterocycles. The van der Waals surface area contributed by atoms with E-state index in [1.807, 2.05) is 24.4 Å². The molecule has 5 nitrogen and oxygen atoms in total. The molecule has 1 amide bonds. The standard InChI is InChI=1S/C18H16N2O3S2/c1-12-19-17(11-24-12)13-6-8-15(9-7-13)20-18(21)14-4-3-5-16(10-14)25(2,22)23/h3-11H,1-2H3,(H,20,21). The number of rotatable bonds is 4. The highest BCUT2D eigenvalue weighted by Gasteiger charge is 2.12. The smallest absolute Gasteiger partial charge is 0.255 e. The number of carbonyl (C=O) groups excluding carboxylic acids is 1. The van der Waals surface area contributed by atoms with Gasteiger partial charge in [-0.05, 0) is 37.3 Å². The number of aromatic nitrogens is 1. The summed E-state index contributed by atoms with van der Waals surface area (Å²) in [6.45, 7) is 1.95. The molecule has 0 aliphatic carbocycles. The van der Waals surface area contributed by atoms with Crippen molar-refractivity contribution < 1.29 is 13.2 Å². The Morgan fingerprint density at radius 1 is 1.12 bits per heavy atom. The number of carbonyl (C=O) groups is 1. The average molecular weight is 372 g/mol. The Labute approximate surface area is 150 Å². The number of sulfone groups is 1. The van der Waals surface area contributed by atoms with Crippen LogP contribution in [0.25, 0.3) is 11.3 Å². The maximum Gasteiger partial charge on any atom is 0.255 e. The van der Waals surface area contributed by atoms with Gasteiger partial charge in [-0.2, -0.15) is 0 Å². The number of anilines is 1. The molecule has 25 heavy (non-hydrogen) atoms. The van der Waals surface area contributed by atoms with Gasteiger partial charge in [0, 0.05) is 28.5 Å². The number of hydrogen-bond donors (Lipinski definition) is 1. The van der Waals surface area contributed by atoms with Gasteiger partial charge in [0.1, 0.15) is 0 Å². The maximum absolute atomic E-state index is 12.3. The molecule has 0 spiro atoms. The molecule has 128 valence electrons. The minimum Gasteiger partial charge on any atom is -0.322 e. The van der Waals surface area contributed by atoms with E-state index in [9.17, 15) is 13.2 Å². The lowest BCUT2D eigenvalue weighted by molar-refractivity contribution is 0.102. The molecule has 2 aromatic carbocycles. The van der Waals surface area contributed by atoms with Crippen molar-refractivity contribution in [2.45, 2.75) is 11.8 Å². The van der Waals surface area contributed by atoms with Crippen LogP contribution in [0, 0.1) is 6.92 Å². The molecule has 0 atom stereocenters. The zero-order chi connectivity index (χ0) is 18.0. The third kappa shape index (κ3) is 4.12. The third-order valence-corrected chi connectivity index (χ3v) is 5.47. The SMILES string of the molecule is Cc1nc(-c2ccc(NC(=O)c3cccc(S(C)(=O)=O)c3)cc2)cs1. The zero-order valence-electron chi connectivity index (χ0n) is 13.7. The molecular weight excluding hydrogens is 356 g/mol. The van der Waals surface area contributed by atoms with Gasteiger partial charge in [0.2, 0.25) is 0 Å². The Bertz CT molecular complexity index is 1020. The van der Waals surface area contributed by atoms with Crippen molar-refractivity contribution in [1.82, 2.24) is 4.98 Å². The van der Waals surface area contributed by atoms with Gasteiger partial charge in [0.15, 0.2) is 9.84 Å². The van der Waals surface area contributed by atoms with Crippen LogP contribution < -0.4 is 5.32 Å². The van der Waals surface area contributed by atoms with E-state index in [0.29, 0.717) is 11.3 Å². The highest BCUT2D eigenvalue weighted by molar-refractivity contribution is 7.90. The summed E-state index contributed by atoms with van der Waals surface area (Å²) in [6.07, 6.45) is 1.11. The number of nitrogens with one attached hydrogen (secondary N) is 1. The van der Waals surface area contributed by atoms with Crippen LogP contribution >= 0.6 is 11.3 Å². The molecule has 0 saturated carbocycles. The minimum atomic E-state index is -3.35.